The SMILES string of the molecule is FC(F)(F)c1cccc(Sc2cccc(NC3CN4CCC3CC4)c2)c1C(F)(F)F. The minimum absolute atomic E-state index is 0.270. The number of rotatable bonds is 4. The molecule has 2 aromatic carbocycles. The van der Waals surface area contributed by atoms with Gasteiger partial charge in [-0.2, -0.15) is 26.3 Å². The molecule has 2 aromatic rings. The van der Waals surface area contributed by atoms with Gasteiger partial charge in [-0.25, -0.2) is 0 Å². The lowest BCUT2D eigenvalue weighted by Gasteiger charge is -2.45. The van der Waals surface area contributed by atoms with E-state index in [4.69, 9.17) is 0 Å². The number of hydrogen-bond donors (Lipinski definition) is 1. The van der Waals surface area contributed by atoms with Crippen molar-refractivity contribution in [2.75, 3.05) is 25.0 Å². The van der Waals surface area contributed by atoms with Crippen molar-refractivity contribution in [3.05, 3.63) is 53.6 Å². The number of fused-ring (bicyclic) bond motifs is 3. The summed E-state index contributed by atoms with van der Waals surface area (Å²) in [6, 6.07) is 9.66. The average Bonchev–Trinajstić information content (AvgIpc) is 2.67. The second-order valence-electron chi connectivity index (χ2n) is 7.69. The van der Waals surface area contributed by atoms with Crippen LogP contribution >= 0.6 is 11.8 Å². The molecule has 9 heteroatoms. The standard InChI is InChI=1S/C21H20F6N2S/c22-20(23,24)16-5-2-6-18(19(16)21(25,26)27)30-15-4-1-3-14(11-15)28-17-12-29-9-7-13(17)8-10-29/h1-6,11,13,17,28H,7-10,12H2. The van der Waals surface area contributed by atoms with Gasteiger partial charge in [0.15, 0.2) is 0 Å². The predicted molar refractivity (Wildman–Crippen MR) is 104 cm³/mol. The Labute approximate surface area is 174 Å². The zero-order valence-electron chi connectivity index (χ0n) is 15.9. The fourth-order valence-electron chi connectivity index (χ4n) is 4.26. The van der Waals surface area contributed by atoms with E-state index in [1.165, 1.54) is 0 Å². The zero-order valence-corrected chi connectivity index (χ0v) is 16.7. The summed E-state index contributed by atoms with van der Waals surface area (Å²) < 4.78 is 80.0. The van der Waals surface area contributed by atoms with Crippen molar-refractivity contribution in [2.45, 2.75) is 41.0 Å². The first kappa shape index (κ1) is 21.4. The van der Waals surface area contributed by atoms with Crippen LogP contribution in [0.5, 0.6) is 0 Å². The summed E-state index contributed by atoms with van der Waals surface area (Å²) in [5.74, 6) is 0.562. The first-order chi connectivity index (χ1) is 14.1. The van der Waals surface area contributed by atoms with Gasteiger partial charge in [0.25, 0.3) is 0 Å². The van der Waals surface area contributed by atoms with Crippen molar-refractivity contribution in [3.63, 3.8) is 0 Å². The summed E-state index contributed by atoms with van der Waals surface area (Å²) in [5, 5.41) is 3.46. The molecule has 0 saturated carbocycles. The molecule has 3 aliphatic rings. The molecule has 30 heavy (non-hydrogen) atoms. The Morgan fingerprint density at radius 1 is 0.900 bits per heavy atom. The van der Waals surface area contributed by atoms with Crippen molar-refractivity contribution < 1.29 is 26.3 Å². The van der Waals surface area contributed by atoms with Gasteiger partial charge in [-0.15, -0.1) is 0 Å². The van der Waals surface area contributed by atoms with E-state index in [1.807, 2.05) is 6.07 Å². The van der Waals surface area contributed by atoms with Crippen LogP contribution < -0.4 is 5.32 Å². The summed E-state index contributed by atoms with van der Waals surface area (Å²) >= 11 is 0.692. The fraction of sp³-hybridized carbons (Fsp3) is 0.429. The van der Waals surface area contributed by atoms with Crippen molar-refractivity contribution in [3.8, 4) is 0 Å². The van der Waals surface area contributed by atoms with Crippen LogP contribution in [0.4, 0.5) is 32.0 Å². The van der Waals surface area contributed by atoms with E-state index >= 15 is 0 Å². The minimum atomic E-state index is -5.11. The van der Waals surface area contributed by atoms with Gasteiger partial charge in [0, 0.05) is 28.1 Å². The number of hydrogen-bond acceptors (Lipinski definition) is 3. The molecule has 0 aliphatic carbocycles. The first-order valence-corrected chi connectivity index (χ1v) is 10.5. The third-order valence-corrected chi connectivity index (χ3v) is 6.73. The lowest BCUT2D eigenvalue weighted by atomic mass is 9.84. The first-order valence-electron chi connectivity index (χ1n) is 9.65. The monoisotopic (exact) mass is 446 g/mol. The molecule has 5 rings (SSSR count). The van der Waals surface area contributed by atoms with E-state index in [-0.39, 0.29) is 6.04 Å². The summed E-state index contributed by atoms with van der Waals surface area (Å²) in [7, 11) is 0. The second-order valence-corrected chi connectivity index (χ2v) is 8.81. The van der Waals surface area contributed by atoms with Crippen LogP contribution in [-0.2, 0) is 12.4 Å². The minimum Gasteiger partial charge on any atom is -0.381 e. The van der Waals surface area contributed by atoms with E-state index in [0.29, 0.717) is 28.6 Å². The maximum atomic E-state index is 13.5. The number of piperidine rings is 3. The quantitative estimate of drug-likeness (QED) is 0.549. The summed E-state index contributed by atoms with van der Waals surface area (Å²) in [6.07, 6.45) is -7.96. The predicted octanol–water partition coefficient (Wildman–Crippen LogP) is 6.38. The molecule has 0 aromatic heterocycles. The number of benzene rings is 2. The van der Waals surface area contributed by atoms with Gasteiger partial charge >= 0.3 is 12.4 Å². The molecule has 1 N–H and O–H groups in total. The van der Waals surface area contributed by atoms with Gasteiger partial charge in [0.1, 0.15) is 0 Å². The summed E-state index contributed by atoms with van der Waals surface area (Å²) in [6.45, 7) is 3.11. The molecule has 1 atom stereocenters. The molecule has 2 nitrogen and oxygen atoms in total. The highest BCUT2D eigenvalue weighted by molar-refractivity contribution is 7.99. The van der Waals surface area contributed by atoms with Crippen LogP contribution in [0.25, 0.3) is 0 Å². The highest BCUT2D eigenvalue weighted by atomic mass is 32.2. The Morgan fingerprint density at radius 3 is 2.20 bits per heavy atom. The van der Waals surface area contributed by atoms with Crippen molar-refractivity contribution >= 4 is 17.4 Å². The van der Waals surface area contributed by atoms with Gasteiger partial charge < -0.3 is 10.2 Å². The molecule has 0 amide bonds. The molecule has 0 spiro atoms. The van der Waals surface area contributed by atoms with E-state index in [9.17, 15) is 26.3 Å². The Morgan fingerprint density at radius 2 is 1.60 bits per heavy atom. The molecular formula is C21H20F6N2S. The van der Waals surface area contributed by atoms with Gasteiger partial charge in [0.05, 0.1) is 11.1 Å². The number of alkyl halides is 6. The highest BCUT2D eigenvalue weighted by Gasteiger charge is 2.44. The van der Waals surface area contributed by atoms with E-state index in [1.54, 1.807) is 18.2 Å². The van der Waals surface area contributed by atoms with Crippen molar-refractivity contribution in [1.82, 2.24) is 4.90 Å². The van der Waals surface area contributed by atoms with Crippen molar-refractivity contribution in [1.29, 1.82) is 0 Å². The van der Waals surface area contributed by atoms with Gasteiger partial charge in [-0.3, -0.25) is 0 Å². The fourth-order valence-corrected chi connectivity index (χ4v) is 5.32. The lowest BCUT2D eigenvalue weighted by molar-refractivity contribution is -0.163. The van der Waals surface area contributed by atoms with Gasteiger partial charge in [-0.05, 0) is 62.2 Å². The van der Waals surface area contributed by atoms with Crippen LogP contribution in [0.15, 0.2) is 52.3 Å². The maximum absolute atomic E-state index is 13.5. The molecular weight excluding hydrogens is 426 g/mol. The van der Waals surface area contributed by atoms with E-state index in [2.05, 4.69) is 10.2 Å². The van der Waals surface area contributed by atoms with Gasteiger partial charge in [0.2, 0.25) is 0 Å². The Kier molecular flexibility index (Phi) is 5.69. The number of nitrogens with one attached hydrogen (secondary N) is 1. The van der Waals surface area contributed by atoms with Crippen LogP contribution in [0.2, 0.25) is 0 Å². The second kappa shape index (κ2) is 8.00. The van der Waals surface area contributed by atoms with E-state index < -0.39 is 28.4 Å². The Balaban J connectivity index is 1.59. The summed E-state index contributed by atoms with van der Waals surface area (Å²) in [5.41, 5.74) is -2.54. The van der Waals surface area contributed by atoms with E-state index in [0.717, 1.165) is 50.3 Å². The van der Waals surface area contributed by atoms with Gasteiger partial charge in [-0.1, -0.05) is 23.9 Å². The topological polar surface area (TPSA) is 15.3 Å². The highest BCUT2D eigenvalue weighted by Crippen LogP contribution is 2.46. The maximum Gasteiger partial charge on any atom is 0.418 e. The zero-order chi connectivity index (χ0) is 21.5. The van der Waals surface area contributed by atoms with Crippen LogP contribution in [0.3, 0.4) is 0 Å². The third kappa shape index (κ3) is 4.56. The summed E-state index contributed by atoms with van der Waals surface area (Å²) in [4.78, 5) is 2.37. The van der Waals surface area contributed by atoms with Crippen LogP contribution in [-0.4, -0.2) is 30.6 Å². The molecule has 3 saturated heterocycles. The smallest absolute Gasteiger partial charge is 0.381 e. The van der Waals surface area contributed by atoms with Crippen molar-refractivity contribution in [2.24, 2.45) is 5.92 Å². The molecule has 3 fully saturated rings. The number of nitrogens with zero attached hydrogens (tertiary/aromatic N) is 1. The molecule has 3 aliphatic heterocycles. The lowest BCUT2D eigenvalue weighted by Crippen LogP contribution is -2.53. The Hall–Kier alpha value is -1.87. The number of halogens is 6. The molecule has 162 valence electrons. The Bertz CT molecular complexity index is 903. The molecule has 2 bridgehead atoms. The number of anilines is 1. The van der Waals surface area contributed by atoms with Crippen LogP contribution in [0.1, 0.15) is 24.0 Å². The van der Waals surface area contributed by atoms with Crippen LogP contribution in [0, 0.1) is 5.92 Å². The molecule has 0 radical (unpaired) electrons. The largest absolute Gasteiger partial charge is 0.418 e. The molecule has 1 unspecified atom stereocenters. The molecule has 3 heterocycles. The normalized spacial score (nSPS) is 24.1. The third-order valence-electron chi connectivity index (χ3n) is 5.69. The average molecular weight is 446 g/mol.